The zero-order chi connectivity index (χ0) is 10.8. The molecule has 1 aliphatic heterocycles. The van der Waals surface area contributed by atoms with E-state index >= 15 is 0 Å². The summed E-state index contributed by atoms with van der Waals surface area (Å²) in [5.41, 5.74) is 0.617. The summed E-state index contributed by atoms with van der Waals surface area (Å²) >= 11 is 0. The fourth-order valence-corrected chi connectivity index (χ4v) is 3.11. The summed E-state index contributed by atoms with van der Waals surface area (Å²) in [5, 5.41) is 0. The first kappa shape index (κ1) is 12.0. The summed E-state index contributed by atoms with van der Waals surface area (Å²) < 4.78 is 0. The first-order valence-corrected chi connectivity index (χ1v) is 6.25. The summed E-state index contributed by atoms with van der Waals surface area (Å²) in [5.74, 6) is 1.67. The molecule has 0 bridgehead atoms. The van der Waals surface area contributed by atoms with Crippen LogP contribution in [-0.4, -0.2) is 24.5 Å². The van der Waals surface area contributed by atoms with Crippen molar-refractivity contribution >= 4 is 0 Å². The highest BCUT2D eigenvalue weighted by atomic mass is 15.1. The highest BCUT2D eigenvalue weighted by molar-refractivity contribution is 4.90. The van der Waals surface area contributed by atoms with Gasteiger partial charge < -0.3 is 4.90 Å². The largest absolute Gasteiger partial charge is 0.304 e. The Labute approximate surface area is 89.9 Å². The molecule has 0 saturated carbocycles. The Kier molecular flexibility index (Phi) is 4.00. The maximum absolute atomic E-state index is 2.59. The monoisotopic (exact) mass is 197 g/mol. The van der Waals surface area contributed by atoms with E-state index in [1.807, 2.05) is 0 Å². The molecule has 1 aliphatic rings. The van der Waals surface area contributed by atoms with E-state index in [4.69, 9.17) is 0 Å². The van der Waals surface area contributed by atoms with E-state index in [0.29, 0.717) is 5.41 Å². The minimum Gasteiger partial charge on any atom is -0.304 e. The Morgan fingerprint density at radius 2 is 1.43 bits per heavy atom. The van der Waals surface area contributed by atoms with Gasteiger partial charge in [-0.05, 0) is 49.7 Å². The van der Waals surface area contributed by atoms with Gasteiger partial charge in [-0.15, -0.1) is 0 Å². The average molecular weight is 197 g/mol. The van der Waals surface area contributed by atoms with Crippen molar-refractivity contribution in [2.45, 2.75) is 47.5 Å². The molecule has 0 aromatic rings. The van der Waals surface area contributed by atoms with E-state index in [9.17, 15) is 0 Å². The van der Waals surface area contributed by atoms with Crippen LogP contribution in [0, 0.1) is 17.3 Å². The maximum atomic E-state index is 2.59. The SMILES string of the molecule is CCN1CCC(C(C)C)(C(C)C)CC1. The minimum atomic E-state index is 0.617. The molecule has 1 rings (SSSR count). The summed E-state index contributed by atoms with van der Waals surface area (Å²) in [6, 6.07) is 0. The molecule has 1 fully saturated rings. The topological polar surface area (TPSA) is 3.24 Å². The average Bonchev–Trinajstić information content (AvgIpc) is 2.17. The van der Waals surface area contributed by atoms with Crippen molar-refractivity contribution in [2.75, 3.05) is 19.6 Å². The molecule has 0 radical (unpaired) electrons. The first-order chi connectivity index (χ1) is 6.53. The molecule has 14 heavy (non-hydrogen) atoms. The first-order valence-electron chi connectivity index (χ1n) is 6.25. The van der Waals surface area contributed by atoms with Crippen LogP contribution in [0.3, 0.4) is 0 Å². The van der Waals surface area contributed by atoms with Crippen LogP contribution < -0.4 is 0 Å². The second-order valence-corrected chi connectivity index (χ2v) is 5.48. The van der Waals surface area contributed by atoms with E-state index in [-0.39, 0.29) is 0 Å². The van der Waals surface area contributed by atoms with Crippen molar-refractivity contribution in [3.05, 3.63) is 0 Å². The lowest BCUT2D eigenvalue weighted by atomic mass is 9.63. The van der Waals surface area contributed by atoms with Gasteiger partial charge in [0.2, 0.25) is 0 Å². The maximum Gasteiger partial charge on any atom is -0.00133 e. The van der Waals surface area contributed by atoms with Crippen LogP contribution >= 0.6 is 0 Å². The molecule has 1 heteroatoms. The minimum absolute atomic E-state index is 0.617. The number of piperidine rings is 1. The fourth-order valence-electron chi connectivity index (χ4n) is 3.11. The third-order valence-electron chi connectivity index (χ3n) is 4.53. The lowest BCUT2D eigenvalue weighted by Crippen LogP contribution is -2.45. The Hall–Kier alpha value is -0.0400. The van der Waals surface area contributed by atoms with Gasteiger partial charge in [0, 0.05) is 0 Å². The summed E-state index contributed by atoms with van der Waals surface area (Å²) in [6.07, 6.45) is 2.80. The van der Waals surface area contributed by atoms with Crippen molar-refractivity contribution in [3.63, 3.8) is 0 Å². The quantitative estimate of drug-likeness (QED) is 0.670. The molecule has 1 nitrogen and oxygen atoms in total. The van der Waals surface area contributed by atoms with E-state index in [2.05, 4.69) is 39.5 Å². The zero-order valence-electron chi connectivity index (χ0n) is 10.6. The smallest absolute Gasteiger partial charge is 0.00133 e. The zero-order valence-corrected chi connectivity index (χ0v) is 10.6. The van der Waals surface area contributed by atoms with Crippen molar-refractivity contribution in [2.24, 2.45) is 17.3 Å². The van der Waals surface area contributed by atoms with Crippen LogP contribution in [0.5, 0.6) is 0 Å². The third-order valence-corrected chi connectivity index (χ3v) is 4.53. The molecule has 0 spiro atoms. The molecule has 1 saturated heterocycles. The number of hydrogen-bond donors (Lipinski definition) is 0. The predicted octanol–water partition coefficient (Wildman–Crippen LogP) is 3.40. The molecular weight excluding hydrogens is 170 g/mol. The van der Waals surface area contributed by atoms with Gasteiger partial charge in [0.1, 0.15) is 0 Å². The molecule has 0 aromatic heterocycles. The highest BCUT2D eigenvalue weighted by Crippen LogP contribution is 2.44. The van der Waals surface area contributed by atoms with E-state index in [1.165, 1.54) is 32.5 Å². The molecular formula is C13H27N. The lowest BCUT2D eigenvalue weighted by molar-refractivity contribution is 0.0212. The van der Waals surface area contributed by atoms with Gasteiger partial charge in [0.25, 0.3) is 0 Å². The van der Waals surface area contributed by atoms with Crippen LogP contribution in [0.4, 0.5) is 0 Å². The van der Waals surface area contributed by atoms with Gasteiger partial charge in [-0.1, -0.05) is 34.6 Å². The van der Waals surface area contributed by atoms with Crippen LogP contribution in [-0.2, 0) is 0 Å². The van der Waals surface area contributed by atoms with Crippen LogP contribution in [0.25, 0.3) is 0 Å². The molecule has 0 aliphatic carbocycles. The van der Waals surface area contributed by atoms with E-state index < -0.39 is 0 Å². The highest BCUT2D eigenvalue weighted by Gasteiger charge is 2.39. The molecule has 0 amide bonds. The third kappa shape index (κ3) is 2.13. The van der Waals surface area contributed by atoms with Crippen LogP contribution in [0.1, 0.15) is 47.5 Å². The van der Waals surface area contributed by atoms with Crippen LogP contribution in [0.2, 0.25) is 0 Å². The van der Waals surface area contributed by atoms with Gasteiger partial charge >= 0.3 is 0 Å². The van der Waals surface area contributed by atoms with Crippen molar-refractivity contribution in [1.29, 1.82) is 0 Å². The summed E-state index contributed by atoms with van der Waals surface area (Å²) in [6.45, 7) is 15.7. The Morgan fingerprint density at radius 3 is 1.71 bits per heavy atom. The Morgan fingerprint density at radius 1 is 1.00 bits per heavy atom. The Bertz CT molecular complexity index is 154. The van der Waals surface area contributed by atoms with Gasteiger partial charge in [0.05, 0.1) is 0 Å². The molecule has 1 heterocycles. The number of likely N-dealkylation sites (tertiary alicyclic amines) is 1. The van der Waals surface area contributed by atoms with Gasteiger partial charge in [-0.2, -0.15) is 0 Å². The molecule has 0 unspecified atom stereocenters. The second-order valence-electron chi connectivity index (χ2n) is 5.48. The van der Waals surface area contributed by atoms with Crippen LogP contribution in [0.15, 0.2) is 0 Å². The van der Waals surface area contributed by atoms with Crippen molar-refractivity contribution < 1.29 is 0 Å². The number of rotatable bonds is 3. The van der Waals surface area contributed by atoms with Crippen molar-refractivity contribution in [3.8, 4) is 0 Å². The van der Waals surface area contributed by atoms with Gasteiger partial charge in [-0.25, -0.2) is 0 Å². The normalized spacial score (nSPS) is 23.4. The Balaban J connectivity index is 2.65. The molecule has 0 atom stereocenters. The number of hydrogen-bond acceptors (Lipinski definition) is 1. The molecule has 0 aromatic carbocycles. The lowest BCUT2D eigenvalue weighted by Gasteiger charge is -2.47. The van der Waals surface area contributed by atoms with E-state index in [0.717, 1.165) is 11.8 Å². The fraction of sp³-hybridized carbons (Fsp3) is 1.00. The predicted molar refractivity (Wildman–Crippen MR) is 63.5 cm³/mol. The standard InChI is InChI=1S/C13H27N/c1-6-14-9-7-13(8-10-14,11(2)3)12(4)5/h11-12H,6-10H2,1-5H3. The van der Waals surface area contributed by atoms with Crippen molar-refractivity contribution in [1.82, 2.24) is 4.90 Å². The van der Waals surface area contributed by atoms with E-state index in [1.54, 1.807) is 0 Å². The molecule has 0 N–H and O–H groups in total. The number of nitrogens with zero attached hydrogens (tertiary/aromatic N) is 1. The molecule has 84 valence electrons. The van der Waals surface area contributed by atoms with Gasteiger partial charge in [0.15, 0.2) is 0 Å². The van der Waals surface area contributed by atoms with Gasteiger partial charge in [-0.3, -0.25) is 0 Å². The summed E-state index contributed by atoms with van der Waals surface area (Å²) in [4.78, 5) is 2.59. The summed E-state index contributed by atoms with van der Waals surface area (Å²) in [7, 11) is 0. The second kappa shape index (κ2) is 4.65.